The van der Waals surface area contributed by atoms with E-state index >= 15 is 4.39 Å². The van der Waals surface area contributed by atoms with Crippen molar-refractivity contribution in [3.05, 3.63) is 59.7 Å². The Kier molecular flexibility index (Phi) is 8.54. The highest BCUT2D eigenvalue weighted by Crippen LogP contribution is 2.31. The molecular formula is C31H40F2N8O. The quantitative estimate of drug-likeness (QED) is 0.270. The lowest BCUT2D eigenvalue weighted by Gasteiger charge is -2.42. The van der Waals surface area contributed by atoms with Gasteiger partial charge in [-0.25, -0.2) is 28.7 Å². The number of benzene rings is 1. The fourth-order valence-electron chi connectivity index (χ4n) is 5.74. The maximum atomic E-state index is 15.0. The second-order valence-electron chi connectivity index (χ2n) is 12.0. The summed E-state index contributed by atoms with van der Waals surface area (Å²) in [6.07, 6.45) is 3.86. The lowest BCUT2D eigenvalue weighted by Crippen LogP contribution is -2.52. The Morgan fingerprint density at radius 2 is 1.86 bits per heavy atom. The molecular weight excluding hydrogens is 538 g/mol. The normalized spacial score (nSPS) is 18.7. The third-order valence-electron chi connectivity index (χ3n) is 7.95. The molecule has 1 saturated heterocycles. The van der Waals surface area contributed by atoms with Gasteiger partial charge in [-0.3, -0.25) is 4.90 Å². The van der Waals surface area contributed by atoms with Gasteiger partial charge >= 0.3 is 0 Å². The van der Waals surface area contributed by atoms with Gasteiger partial charge in [0.05, 0.1) is 23.9 Å². The Morgan fingerprint density at radius 1 is 1.07 bits per heavy atom. The van der Waals surface area contributed by atoms with Crippen LogP contribution in [0.15, 0.2) is 36.7 Å². The highest BCUT2D eigenvalue weighted by Gasteiger charge is 2.34. The predicted octanol–water partition coefficient (Wildman–Crippen LogP) is 5.73. The van der Waals surface area contributed by atoms with Crippen LogP contribution in [0.5, 0.6) is 0 Å². The molecule has 4 heterocycles. The number of fused-ring (bicyclic) bond motifs is 1. The van der Waals surface area contributed by atoms with Crippen LogP contribution in [0.1, 0.15) is 51.5 Å². The summed E-state index contributed by atoms with van der Waals surface area (Å²) in [5.41, 5.74) is 2.03. The van der Waals surface area contributed by atoms with E-state index in [1.54, 1.807) is 6.07 Å². The molecule has 1 aliphatic rings. The lowest BCUT2D eigenvalue weighted by atomic mass is 9.94. The van der Waals surface area contributed by atoms with E-state index in [1.165, 1.54) is 6.07 Å². The third-order valence-corrected chi connectivity index (χ3v) is 7.95. The van der Waals surface area contributed by atoms with Gasteiger partial charge in [-0.05, 0) is 78.9 Å². The van der Waals surface area contributed by atoms with Crippen molar-refractivity contribution >= 4 is 22.8 Å². The standard InChI is InChI=1S/C31H40F2N8O/c1-19(2)41-21(4)36-29-24(32)12-23(13-26(29)41)28-25(33)16-35-30(38-28)37-27-9-8-22(15-34-27)17-40-10-11-42-31(5,18-40)14-20(3)39(6)7/h8-9,12-13,15-16,19-20H,10-11,14,17-18H2,1-7H3,(H,34,35,37,38). The molecule has 3 aromatic heterocycles. The molecule has 11 heteroatoms. The molecule has 2 atom stereocenters. The monoisotopic (exact) mass is 578 g/mol. The first-order valence-electron chi connectivity index (χ1n) is 14.4. The molecule has 2 unspecified atom stereocenters. The number of halogens is 2. The first-order chi connectivity index (χ1) is 19.9. The number of imidazole rings is 1. The minimum absolute atomic E-state index is 0.00182. The van der Waals surface area contributed by atoms with Crippen LogP contribution in [0.3, 0.4) is 0 Å². The summed E-state index contributed by atoms with van der Waals surface area (Å²) in [6, 6.07) is 7.33. The van der Waals surface area contributed by atoms with Gasteiger partial charge in [-0.1, -0.05) is 6.07 Å². The van der Waals surface area contributed by atoms with Gasteiger partial charge in [0.2, 0.25) is 5.95 Å². The summed E-state index contributed by atoms with van der Waals surface area (Å²) < 4.78 is 38.0. The predicted molar refractivity (Wildman–Crippen MR) is 161 cm³/mol. The molecule has 0 spiro atoms. The minimum Gasteiger partial charge on any atom is -0.373 e. The molecule has 1 aromatic carbocycles. The lowest BCUT2D eigenvalue weighted by molar-refractivity contribution is -0.111. The average Bonchev–Trinajstić information content (AvgIpc) is 3.27. The largest absolute Gasteiger partial charge is 0.373 e. The Bertz CT molecular complexity index is 1560. The van der Waals surface area contributed by atoms with E-state index in [0.717, 1.165) is 37.8 Å². The van der Waals surface area contributed by atoms with Crippen LogP contribution in [0.4, 0.5) is 20.5 Å². The van der Waals surface area contributed by atoms with Crippen LogP contribution in [0.2, 0.25) is 0 Å². The number of pyridine rings is 1. The maximum absolute atomic E-state index is 15.0. The number of hydrogen-bond donors (Lipinski definition) is 1. The Hall–Kier alpha value is -3.54. The smallest absolute Gasteiger partial charge is 0.229 e. The second kappa shape index (κ2) is 12.0. The zero-order chi connectivity index (χ0) is 30.2. The van der Waals surface area contributed by atoms with Crippen LogP contribution < -0.4 is 5.32 Å². The van der Waals surface area contributed by atoms with Gasteiger partial charge in [0, 0.05) is 43.5 Å². The molecule has 1 aliphatic heterocycles. The summed E-state index contributed by atoms with van der Waals surface area (Å²) in [7, 11) is 4.19. The number of rotatable bonds is 9. The van der Waals surface area contributed by atoms with Crippen LogP contribution in [-0.4, -0.2) is 79.7 Å². The summed E-state index contributed by atoms with van der Waals surface area (Å²) in [5.74, 6) is 0.213. The van der Waals surface area contributed by atoms with Crippen molar-refractivity contribution in [3.63, 3.8) is 0 Å². The van der Waals surface area contributed by atoms with Crippen LogP contribution in [0.25, 0.3) is 22.3 Å². The van der Waals surface area contributed by atoms with Gasteiger partial charge in [0.25, 0.3) is 0 Å². The number of anilines is 2. The van der Waals surface area contributed by atoms with Crippen molar-refractivity contribution in [3.8, 4) is 11.3 Å². The molecule has 1 fully saturated rings. The van der Waals surface area contributed by atoms with Gasteiger partial charge in [-0.2, -0.15) is 0 Å². The highest BCUT2D eigenvalue weighted by molar-refractivity contribution is 5.83. The fraction of sp³-hybridized carbons (Fsp3) is 0.484. The Balaban J connectivity index is 1.30. The summed E-state index contributed by atoms with van der Waals surface area (Å²) in [5, 5.41) is 3.05. The third kappa shape index (κ3) is 6.43. The number of morpholine rings is 1. The van der Waals surface area contributed by atoms with E-state index in [2.05, 4.69) is 63.0 Å². The van der Waals surface area contributed by atoms with Crippen molar-refractivity contribution in [1.29, 1.82) is 0 Å². The number of aryl methyl sites for hydroxylation is 1. The zero-order valence-electron chi connectivity index (χ0n) is 25.4. The second-order valence-corrected chi connectivity index (χ2v) is 12.0. The number of nitrogens with one attached hydrogen (secondary N) is 1. The molecule has 0 saturated carbocycles. The van der Waals surface area contributed by atoms with Crippen molar-refractivity contribution < 1.29 is 13.5 Å². The minimum atomic E-state index is -0.646. The molecule has 0 bridgehead atoms. The van der Waals surface area contributed by atoms with Gasteiger partial charge in [0.1, 0.15) is 22.9 Å². The molecule has 0 radical (unpaired) electrons. The van der Waals surface area contributed by atoms with E-state index in [1.807, 2.05) is 43.7 Å². The van der Waals surface area contributed by atoms with Crippen LogP contribution >= 0.6 is 0 Å². The average molecular weight is 579 g/mol. The molecule has 42 heavy (non-hydrogen) atoms. The van der Waals surface area contributed by atoms with E-state index in [4.69, 9.17) is 4.74 Å². The van der Waals surface area contributed by atoms with Gasteiger partial charge in [0.15, 0.2) is 11.6 Å². The van der Waals surface area contributed by atoms with Crippen LogP contribution in [0, 0.1) is 18.6 Å². The number of hydrogen-bond acceptors (Lipinski definition) is 8. The molecule has 9 nitrogen and oxygen atoms in total. The molecule has 4 aromatic rings. The molecule has 0 aliphatic carbocycles. The van der Waals surface area contributed by atoms with Gasteiger partial charge < -0.3 is 19.5 Å². The number of ether oxygens (including phenoxy) is 1. The maximum Gasteiger partial charge on any atom is 0.229 e. The number of nitrogens with zero attached hydrogens (tertiary/aromatic N) is 7. The topological polar surface area (TPSA) is 84.2 Å². The fourth-order valence-corrected chi connectivity index (χ4v) is 5.74. The van der Waals surface area contributed by atoms with Crippen molar-refractivity contribution in [2.45, 2.75) is 65.3 Å². The Labute approximate surface area is 246 Å². The van der Waals surface area contributed by atoms with E-state index < -0.39 is 11.6 Å². The van der Waals surface area contributed by atoms with E-state index in [-0.39, 0.29) is 28.8 Å². The van der Waals surface area contributed by atoms with E-state index in [9.17, 15) is 4.39 Å². The highest BCUT2D eigenvalue weighted by atomic mass is 19.1. The van der Waals surface area contributed by atoms with Crippen molar-refractivity contribution in [1.82, 2.24) is 34.3 Å². The van der Waals surface area contributed by atoms with E-state index in [0.29, 0.717) is 35.4 Å². The molecule has 224 valence electrons. The summed E-state index contributed by atoms with van der Waals surface area (Å²) >= 11 is 0. The molecule has 1 N–H and O–H groups in total. The number of aromatic nitrogens is 5. The van der Waals surface area contributed by atoms with Crippen molar-refractivity contribution in [2.75, 3.05) is 39.1 Å². The molecule has 0 amide bonds. The summed E-state index contributed by atoms with van der Waals surface area (Å²) in [4.78, 5) is 22.0. The molecule has 5 rings (SSSR count). The summed E-state index contributed by atoms with van der Waals surface area (Å²) in [6.45, 7) is 13.4. The van der Waals surface area contributed by atoms with Crippen LogP contribution in [-0.2, 0) is 11.3 Å². The first kappa shape index (κ1) is 29.9. The Morgan fingerprint density at radius 3 is 2.55 bits per heavy atom. The van der Waals surface area contributed by atoms with Gasteiger partial charge in [-0.15, -0.1) is 0 Å². The zero-order valence-corrected chi connectivity index (χ0v) is 25.4. The van der Waals surface area contributed by atoms with Crippen molar-refractivity contribution in [2.24, 2.45) is 0 Å². The first-order valence-corrected chi connectivity index (χ1v) is 14.4. The SMILES string of the molecule is Cc1nc2c(F)cc(-c3nc(Nc4ccc(CN5CCOC(C)(CC(C)N(C)C)C5)cn4)ncc3F)cc2n1C(C)C.